The van der Waals surface area contributed by atoms with Crippen LogP contribution in [-0.4, -0.2) is 24.4 Å². The largest absolute Gasteiger partial charge is 0.343 e. The lowest BCUT2D eigenvalue weighted by atomic mass is 9.77. The highest BCUT2D eigenvalue weighted by Gasteiger charge is 2.41. The summed E-state index contributed by atoms with van der Waals surface area (Å²) >= 11 is 0. The van der Waals surface area contributed by atoms with Crippen LogP contribution in [-0.2, 0) is 16.0 Å². The van der Waals surface area contributed by atoms with Gasteiger partial charge in [-0.1, -0.05) is 31.0 Å². The third-order valence-corrected chi connectivity index (χ3v) is 5.21. The second-order valence-corrected chi connectivity index (χ2v) is 6.76. The van der Waals surface area contributed by atoms with E-state index in [1.54, 1.807) is 0 Å². The van der Waals surface area contributed by atoms with Crippen molar-refractivity contribution in [3.05, 3.63) is 29.8 Å². The Morgan fingerprint density at radius 2 is 1.96 bits per heavy atom. The molecule has 1 heterocycles. The summed E-state index contributed by atoms with van der Waals surface area (Å²) in [6, 6.07) is 10.1. The van der Waals surface area contributed by atoms with Gasteiger partial charge in [-0.2, -0.15) is 5.26 Å². The van der Waals surface area contributed by atoms with Gasteiger partial charge in [0.15, 0.2) is 0 Å². The SMILES string of the molecule is C[C@@H]1Cc2ccccc2N1C(=O)[C@@H]1CCCC[C@H]1C(=O)NCC#N. The van der Waals surface area contributed by atoms with Crippen molar-refractivity contribution in [1.82, 2.24) is 5.32 Å². The summed E-state index contributed by atoms with van der Waals surface area (Å²) in [4.78, 5) is 27.5. The summed E-state index contributed by atoms with van der Waals surface area (Å²) in [5, 5.41) is 11.3. The van der Waals surface area contributed by atoms with E-state index in [0.29, 0.717) is 0 Å². The number of hydrogen-bond acceptors (Lipinski definition) is 3. The number of benzene rings is 1. The van der Waals surface area contributed by atoms with Gasteiger partial charge in [0.05, 0.1) is 12.0 Å². The van der Waals surface area contributed by atoms with E-state index in [1.807, 2.05) is 29.2 Å². The van der Waals surface area contributed by atoms with Gasteiger partial charge in [0, 0.05) is 17.6 Å². The van der Waals surface area contributed by atoms with Crippen LogP contribution in [0.1, 0.15) is 38.2 Å². The Bertz CT molecular complexity index is 679. The first-order valence-electron chi connectivity index (χ1n) is 8.69. The van der Waals surface area contributed by atoms with Gasteiger partial charge in [-0.05, 0) is 37.8 Å². The van der Waals surface area contributed by atoms with Gasteiger partial charge in [0.1, 0.15) is 6.54 Å². The van der Waals surface area contributed by atoms with E-state index in [9.17, 15) is 9.59 Å². The number of hydrogen-bond donors (Lipinski definition) is 1. The minimum Gasteiger partial charge on any atom is -0.343 e. The van der Waals surface area contributed by atoms with Gasteiger partial charge in [-0.25, -0.2) is 0 Å². The van der Waals surface area contributed by atoms with Crippen LogP contribution in [0.2, 0.25) is 0 Å². The number of anilines is 1. The fourth-order valence-corrected chi connectivity index (χ4v) is 4.08. The van der Waals surface area contributed by atoms with E-state index >= 15 is 0 Å². The molecule has 1 saturated carbocycles. The molecule has 0 saturated heterocycles. The molecule has 2 amide bonds. The van der Waals surface area contributed by atoms with Crippen LogP contribution in [0.4, 0.5) is 5.69 Å². The molecule has 5 heteroatoms. The molecular weight excluding hydrogens is 302 g/mol. The molecule has 0 bridgehead atoms. The van der Waals surface area contributed by atoms with Crippen LogP contribution < -0.4 is 10.2 Å². The van der Waals surface area contributed by atoms with Crippen LogP contribution in [0.15, 0.2) is 24.3 Å². The normalized spacial score (nSPS) is 25.7. The molecule has 1 aromatic carbocycles. The molecule has 2 aliphatic rings. The molecule has 1 aliphatic carbocycles. The third-order valence-electron chi connectivity index (χ3n) is 5.21. The van der Waals surface area contributed by atoms with Crippen molar-refractivity contribution in [3.63, 3.8) is 0 Å². The number of rotatable bonds is 3. The van der Waals surface area contributed by atoms with E-state index in [2.05, 4.69) is 18.3 Å². The average molecular weight is 325 g/mol. The molecule has 0 aromatic heterocycles. The molecule has 5 nitrogen and oxygen atoms in total. The number of carbonyl (C=O) groups is 2. The smallest absolute Gasteiger partial charge is 0.231 e. The molecule has 0 radical (unpaired) electrons. The number of nitrogens with one attached hydrogen (secondary N) is 1. The minimum absolute atomic E-state index is 0.000799. The number of amides is 2. The second kappa shape index (κ2) is 7.04. The molecule has 3 atom stereocenters. The molecular formula is C19H23N3O2. The molecule has 1 aliphatic heterocycles. The zero-order valence-electron chi connectivity index (χ0n) is 14.0. The van der Waals surface area contributed by atoms with Gasteiger partial charge in [-0.15, -0.1) is 0 Å². The number of fused-ring (bicyclic) bond motifs is 1. The van der Waals surface area contributed by atoms with Gasteiger partial charge in [0.2, 0.25) is 11.8 Å². The fourth-order valence-electron chi connectivity index (χ4n) is 4.08. The Hall–Kier alpha value is -2.35. The third kappa shape index (κ3) is 3.01. The van der Waals surface area contributed by atoms with Crippen LogP contribution in [0.5, 0.6) is 0 Å². The molecule has 0 unspecified atom stereocenters. The Morgan fingerprint density at radius 3 is 2.71 bits per heavy atom. The Kier molecular flexibility index (Phi) is 4.84. The Labute approximate surface area is 142 Å². The molecule has 1 aromatic rings. The zero-order valence-corrected chi connectivity index (χ0v) is 14.0. The molecule has 3 rings (SSSR count). The summed E-state index contributed by atoms with van der Waals surface area (Å²) in [5.41, 5.74) is 2.18. The maximum absolute atomic E-state index is 13.2. The minimum atomic E-state index is -0.320. The summed E-state index contributed by atoms with van der Waals surface area (Å²) in [5.74, 6) is -0.704. The van der Waals surface area contributed by atoms with Crippen molar-refractivity contribution in [2.75, 3.05) is 11.4 Å². The van der Waals surface area contributed by atoms with Gasteiger partial charge in [-0.3, -0.25) is 9.59 Å². The molecule has 0 spiro atoms. The molecule has 126 valence electrons. The van der Waals surface area contributed by atoms with Crippen molar-refractivity contribution in [2.45, 2.75) is 45.1 Å². The predicted molar refractivity (Wildman–Crippen MR) is 91.2 cm³/mol. The zero-order chi connectivity index (χ0) is 17.1. The topological polar surface area (TPSA) is 73.2 Å². The first-order valence-corrected chi connectivity index (χ1v) is 8.69. The highest BCUT2D eigenvalue weighted by Crippen LogP contribution is 2.37. The van der Waals surface area contributed by atoms with Crippen LogP contribution in [0.25, 0.3) is 0 Å². The standard InChI is InChI=1S/C19H23N3O2/c1-13-12-14-6-2-5-9-17(14)22(13)19(24)16-8-4-3-7-15(16)18(23)21-11-10-20/h2,5-6,9,13,15-16H,3-4,7-8,11-12H2,1H3,(H,21,23)/t13-,15-,16-/m1/s1. The summed E-state index contributed by atoms with van der Waals surface area (Å²) in [7, 11) is 0. The monoisotopic (exact) mass is 325 g/mol. The van der Waals surface area contributed by atoms with E-state index in [1.165, 1.54) is 5.56 Å². The van der Waals surface area contributed by atoms with Crippen LogP contribution >= 0.6 is 0 Å². The lowest BCUT2D eigenvalue weighted by Crippen LogP contribution is -2.47. The lowest BCUT2D eigenvalue weighted by Gasteiger charge is -2.34. The number of nitrogens with zero attached hydrogens (tertiary/aromatic N) is 2. The number of para-hydroxylation sites is 1. The van der Waals surface area contributed by atoms with Crippen molar-refractivity contribution < 1.29 is 9.59 Å². The maximum Gasteiger partial charge on any atom is 0.231 e. The first-order chi connectivity index (χ1) is 11.6. The van der Waals surface area contributed by atoms with Crippen molar-refractivity contribution >= 4 is 17.5 Å². The lowest BCUT2D eigenvalue weighted by molar-refractivity contribution is -0.135. The Balaban J connectivity index is 1.82. The van der Waals surface area contributed by atoms with Crippen LogP contribution in [0, 0.1) is 23.2 Å². The van der Waals surface area contributed by atoms with Gasteiger partial charge < -0.3 is 10.2 Å². The summed E-state index contributed by atoms with van der Waals surface area (Å²) < 4.78 is 0. The van der Waals surface area contributed by atoms with Crippen molar-refractivity contribution in [1.29, 1.82) is 5.26 Å². The van der Waals surface area contributed by atoms with E-state index in [0.717, 1.165) is 37.8 Å². The first kappa shape index (κ1) is 16.5. The highest BCUT2D eigenvalue weighted by molar-refractivity contribution is 6.00. The van der Waals surface area contributed by atoms with Crippen LogP contribution in [0.3, 0.4) is 0 Å². The molecule has 24 heavy (non-hydrogen) atoms. The van der Waals surface area contributed by atoms with Gasteiger partial charge in [0.25, 0.3) is 0 Å². The quantitative estimate of drug-likeness (QED) is 0.867. The number of carbonyl (C=O) groups excluding carboxylic acids is 2. The number of nitriles is 1. The maximum atomic E-state index is 13.2. The van der Waals surface area contributed by atoms with E-state index in [4.69, 9.17) is 5.26 Å². The second-order valence-electron chi connectivity index (χ2n) is 6.76. The van der Waals surface area contributed by atoms with E-state index in [-0.39, 0.29) is 36.2 Å². The average Bonchev–Trinajstić information content (AvgIpc) is 2.94. The Morgan fingerprint density at radius 1 is 1.25 bits per heavy atom. The summed E-state index contributed by atoms with van der Waals surface area (Å²) in [6.07, 6.45) is 4.26. The van der Waals surface area contributed by atoms with Crippen molar-refractivity contribution in [3.8, 4) is 6.07 Å². The molecule has 1 N–H and O–H groups in total. The van der Waals surface area contributed by atoms with Gasteiger partial charge >= 0.3 is 0 Å². The summed E-state index contributed by atoms with van der Waals surface area (Å²) in [6.45, 7) is 2.06. The van der Waals surface area contributed by atoms with Crippen molar-refractivity contribution in [2.24, 2.45) is 11.8 Å². The fraction of sp³-hybridized carbons (Fsp3) is 0.526. The molecule has 1 fully saturated rings. The highest BCUT2D eigenvalue weighted by atomic mass is 16.2. The van der Waals surface area contributed by atoms with E-state index < -0.39 is 0 Å². The predicted octanol–water partition coefficient (Wildman–Crippen LogP) is 2.41.